The molecule has 0 heterocycles. The van der Waals surface area contributed by atoms with Gasteiger partial charge in [0.2, 0.25) is 0 Å². The molecule has 1 aromatic rings. The normalized spacial score (nSPS) is 11.8. The highest BCUT2D eigenvalue weighted by Gasteiger charge is 2.17. The molecule has 1 atom stereocenters. The molecule has 0 aliphatic rings. The molecule has 0 saturated carbocycles. The molecule has 1 rings (SSSR count). The number of thioether (sulfide) groups is 1. The van der Waals surface area contributed by atoms with E-state index in [9.17, 15) is 14.7 Å². The van der Waals surface area contributed by atoms with Gasteiger partial charge < -0.3 is 15.7 Å². The summed E-state index contributed by atoms with van der Waals surface area (Å²) in [6.45, 7) is 5.62. The van der Waals surface area contributed by atoms with E-state index < -0.39 is 5.97 Å². The Labute approximate surface area is 129 Å². The van der Waals surface area contributed by atoms with Crippen LogP contribution in [0.3, 0.4) is 0 Å². The number of carboxylic acid groups (broad SMARTS) is 1. The number of hydrogen-bond acceptors (Lipinski definition) is 3. The van der Waals surface area contributed by atoms with Gasteiger partial charge >= 0.3 is 12.0 Å². The Morgan fingerprint density at radius 3 is 2.52 bits per heavy atom. The van der Waals surface area contributed by atoms with Gasteiger partial charge in [0.15, 0.2) is 0 Å². The topological polar surface area (TPSA) is 78.4 Å². The van der Waals surface area contributed by atoms with Gasteiger partial charge in [-0.15, -0.1) is 0 Å². The zero-order valence-corrected chi connectivity index (χ0v) is 13.6. The van der Waals surface area contributed by atoms with Crippen LogP contribution in [0.15, 0.2) is 12.1 Å². The van der Waals surface area contributed by atoms with Crippen LogP contribution in [0.2, 0.25) is 0 Å². The summed E-state index contributed by atoms with van der Waals surface area (Å²) in [5.41, 5.74) is 2.05. The Hall–Kier alpha value is -1.69. The number of hydrogen-bond donors (Lipinski definition) is 3. The average Bonchev–Trinajstić information content (AvgIpc) is 2.40. The number of benzene rings is 1. The first-order valence-corrected chi connectivity index (χ1v) is 8.19. The molecule has 116 valence electrons. The van der Waals surface area contributed by atoms with Crippen molar-refractivity contribution in [2.24, 2.45) is 0 Å². The van der Waals surface area contributed by atoms with Gasteiger partial charge in [-0.1, -0.05) is 13.0 Å². The van der Waals surface area contributed by atoms with Gasteiger partial charge in [0, 0.05) is 11.8 Å². The molecule has 1 unspecified atom stereocenters. The van der Waals surface area contributed by atoms with E-state index in [0.717, 1.165) is 23.3 Å². The predicted octanol–water partition coefficient (Wildman–Crippen LogP) is 3.26. The fraction of sp³-hybridized carbons (Fsp3) is 0.467. The molecule has 0 bridgehead atoms. The van der Waals surface area contributed by atoms with E-state index in [0.29, 0.717) is 5.69 Å². The summed E-state index contributed by atoms with van der Waals surface area (Å²) in [5, 5.41) is 14.8. The van der Waals surface area contributed by atoms with E-state index in [1.54, 1.807) is 24.8 Å². The van der Waals surface area contributed by atoms with Crippen molar-refractivity contribution in [2.75, 3.05) is 17.3 Å². The molecule has 0 aromatic heterocycles. The SMILES string of the molecule is CCC(CSC)NC(=O)Nc1c(C)cc(C)cc1C(=O)O. The molecule has 0 aliphatic heterocycles. The summed E-state index contributed by atoms with van der Waals surface area (Å²) >= 11 is 1.66. The minimum Gasteiger partial charge on any atom is -0.478 e. The van der Waals surface area contributed by atoms with Crippen molar-refractivity contribution < 1.29 is 14.7 Å². The van der Waals surface area contributed by atoms with Gasteiger partial charge in [-0.05, 0) is 43.7 Å². The van der Waals surface area contributed by atoms with Crippen LogP contribution in [0, 0.1) is 13.8 Å². The van der Waals surface area contributed by atoms with Gasteiger partial charge in [-0.3, -0.25) is 0 Å². The van der Waals surface area contributed by atoms with E-state index in [-0.39, 0.29) is 17.6 Å². The van der Waals surface area contributed by atoms with E-state index in [1.165, 1.54) is 0 Å². The molecular weight excluding hydrogens is 288 g/mol. The number of urea groups is 1. The standard InChI is InChI=1S/C15H22N2O3S/c1-5-11(8-21-4)16-15(20)17-13-10(3)6-9(2)7-12(13)14(18)19/h6-7,11H,5,8H2,1-4H3,(H,18,19)(H2,16,17,20). The van der Waals surface area contributed by atoms with Crippen LogP contribution in [-0.4, -0.2) is 35.2 Å². The second-order valence-corrected chi connectivity index (χ2v) is 5.88. The minimum atomic E-state index is -1.05. The molecule has 21 heavy (non-hydrogen) atoms. The van der Waals surface area contributed by atoms with Crippen molar-refractivity contribution in [3.63, 3.8) is 0 Å². The first-order chi connectivity index (χ1) is 9.88. The summed E-state index contributed by atoms with van der Waals surface area (Å²) in [6.07, 6.45) is 2.81. The van der Waals surface area contributed by atoms with Crippen LogP contribution in [-0.2, 0) is 0 Å². The van der Waals surface area contributed by atoms with E-state index in [1.807, 2.05) is 26.2 Å². The lowest BCUT2D eigenvalue weighted by molar-refractivity contribution is 0.0698. The number of carboxylic acids is 1. The smallest absolute Gasteiger partial charge is 0.337 e. The number of amides is 2. The second kappa shape index (κ2) is 7.93. The summed E-state index contributed by atoms with van der Waals surface area (Å²) in [6, 6.07) is 3.11. The van der Waals surface area contributed by atoms with Crippen molar-refractivity contribution in [3.8, 4) is 0 Å². The maximum atomic E-state index is 12.0. The van der Waals surface area contributed by atoms with Gasteiger partial charge in [0.25, 0.3) is 0 Å². The Kier molecular flexibility index (Phi) is 6.55. The first kappa shape index (κ1) is 17.4. The minimum absolute atomic E-state index is 0.0685. The lowest BCUT2D eigenvalue weighted by Crippen LogP contribution is -2.39. The molecule has 0 radical (unpaired) electrons. The summed E-state index contributed by atoms with van der Waals surface area (Å²) in [5.74, 6) is -0.226. The Morgan fingerprint density at radius 1 is 1.33 bits per heavy atom. The van der Waals surface area contributed by atoms with Crippen LogP contribution in [0.1, 0.15) is 34.8 Å². The van der Waals surface area contributed by atoms with Crippen molar-refractivity contribution >= 4 is 29.4 Å². The van der Waals surface area contributed by atoms with Crippen molar-refractivity contribution in [3.05, 3.63) is 28.8 Å². The first-order valence-electron chi connectivity index (χ1n) is 6.80. The third-order valence-electron chi connectivity index (χ3n) is 3.14. The highest BCUT2D eigenvalue weighted by atomic mass is 32.2. The molecule has 5 nitrogen and oxygen atoms in total. The van der Waals surface area contributed by atoms with Gasteiger partial charge in [0.05, 0.1) is 11.3 Å². The highest BCUT2D eigenvalue weighted by molar-refractivity contribution is 7.98. The van der Waals surface area contributed by atoms with Gasteiger partial charge in [-0.2, -0.15) is 11.8 Å². The molecule has 3 N–H and O–H groups in total. The molecule has 0 spiro atoms. The average molecular weight is 310 g/mol. The lowest BCUT2D eigenvalue weighted by Gasteiger charge is -2.18. The van der Waals surface area contributed by atoms with E-state index in [2.05, 4.69) is 10.6 Å². The molecule has 2 amide bonds. The zero-order chi connectivity index (χ0) is 16.0. The van der Waals surface area contributed by atoms with Crippen molar-refractivity contribution in [1.82, 2.24) is 5.32 Å². The number of nitrogens with one attached hydrogen (secondary N) is 2. The Balaban J connectivity index is 2.92. The molecule has 0 aliphatic carbocycles. The molecule has 0 fully saturated rings. The van der Waals surface area contributed by atoms with Crippen molar-refractivity contribution in [2.45, 2.75) is 33.2 Å². The van der Waals surface area contributed by atoms with Crippen LogP contribution >= 0.6 is 11.8 Å². The lowest BCUT2D eigenvalue weighted by atomic mass is 10.0. The maximum absolute atomic E-state index is 12.0. The van der Waals surface area contributed by atoms with Crippen LogP contribution in [0.4, 0.5) is 10.5 Å². The fourth-order valence-electron chi connectivity index (χ4n) is 2.10. The number of carbonyl (C=O) groups is 2. The maximum Gasteiger partial charge on any atom is 0.337 e. The van der Waals surface area contributed by atoms with Crippen molar-refractivity contribution in [1.29, 1.82) is 0 Å². The summed E-state index contributed by atoms with van der Waals surface area (Å²) in [7, 11) is 0. The molecule has 6 heteroatoms. The van der Waals surface area contributed by atoms with E-state index in [4.69, 9.17) is 0 Å². The summed E-state index contributed by atoms with van der Waals surface area (Å²) in [4.78, 5) is 23.4. The number of aryl methyl sites for hydroxylation is 2. The molecule has 0 saturated heterocycles. The molecular formula is C15H22N2O3S. The number of aromatic carboxylic acids is 1. The van der Waals surface area contributed by atoms with Crippen LogP contribution < -0.4 is 10.6 Å². The third kappa shape index (κ3) is 4.97. The quantitative estimate of drug-likeness (QED) is 0.753. The van der Waals surface area contributed by atoms with E-state index >= 15 is 0 Å². The number of anilines is 1. The predicted molar refractivity (Wildman–Crippen MR) is 87.5 cm³/mol. The van der Waals surface area contributed by atoms with Gasteiger partial charge in [-0.25, -0.2) is 9.59 Å². The largest absolute Gasteiger partial charge is 0.478 e. The fourth-order valence-corrected chi connectivity index (χ4v) is 2.82. The van der Waals surface area contributed by atoms with Crippen LogP contribution in [0.25, 0.3) is 0 Å². The number of carbonyl (C=O) groups excluding carboxylic acids is 1. The Bertz CT molecular complexity index is 532. The van der Waals surface area contributed by atoms with Gasteiger partial charge in [0.1, 0.15) is 0 Å². The molecule has 1 aromatic carbocycles. The summed E-state index contributed by atoms with van der Waals surface area (Å²) < 4.78 is 0. The highest BCUT2D eigenvalue weighted by Crippen LogP contribution is 2.23. The van der Waals surface area contributed by atoms with Crippen LogP contribution in [0.5, 0.6) is 0 Å². The third-order valence-corrected chi connectivity index (χ3v) is 3.88. The second-order valence-electron chi connectivity index (χ2n) is 4.97. The monoisotopic (exact) mass is 310 g/mol. The zero-order valence-electron chi connectivity index (χ0n) is 12.8. The Morgan fingerprint density at radius 2 is 2.00 bits per heavy atom. The number of rotatable bonds is 6.